The molecule has 0 bridgehead atoms. The Morgan fingerprint density at radius 3 is 3.00 bits per heavy atom. The van der Waals surface area contributed by atoms with Gasteiger partial charge in [-0.05, 0) is 37.0 Å². The number of fused-ring (bicyclic) bond motifs is 1. The first-order valence-corrected chi connectivity index (χ1v) is 8.80. The van der Waals surface area contributed by atoms with E-state index in [1.807, 2.05) is 53.2 Å². The van der Waals surface area contributed by atoms with Crippen LogP contribution in [0.15, 0.2) is 36.7 Å². The van der Waals surface area contributed by atoms with Gasteiger partial charge in [-0.1, -0.05) is 18.2 Å². The summed E-state index contributed by atoms with van der Waals surface area (Å²) in [5.74, 6) is -0.410. The zero-order chi connectivity index (χ0) is 17.4. The smallest absolute Gasteiger partial charge is 0.232 e. The van der Waals surface area contributed by atoms with Crippen molar-refractivity contribution in [3.63, 3.8) is 0 Å². The number of aromatic nitrogens is 2. The number of benzene rings is 1. The first-order chi connectivity index (χ1) is 12.1. The Hall–Kier alpha value is -2.63. The number of nitrogens with zero attached hydrogens (tertiary/aromatic N) is 3. The molecule has 4 rings (SSSR count). The summed E-state index contributed by atoms with van der Waals surface area (Å²) in [7, 11) is 0. The fraction of sp³-hybridized carbons (Fsp3) is 0.421. The number of piperidine rings is 1. The predicted octanol–water partition coefficient (Wildman–Crippen LogP) is 2.48. The van der Waals surface area contributed by atoms with Crippen molar-refractivity contribution in [2.24, 2.45) is 0 Å². The third-order valence-electron chi connectivity index (χ3n) is 5.14. The standard InChI is InChI=1S/C19H22N4O2/c1-13-10-20-23(11-13)14-5-4-8-22(12-14)18(24)9-16-15-6-2-3-7-17(15)21-19(16)25/h2-3,6-7,10-11,14,16H,4-5,8-9,12H2,1H3,(H,21,25). The first kappa shape index (κ1) is 15.9. The van der Waals surface area contributed by atoms with E-state index >= 15 is 0 Å². The Morgan fingerprint density at radius 2 is 2.20 bits per heavy atom. The van der Waals surface area contributed by atoms with E-state index in [1.165, 1.54) is 0 Å². The van der Waals surface area contributed by atoms with Crippen LogP contribution < -0.4 is 5.32 Å². The minimum atomic E-state index is -0.379. The fourth-order valence-electron chi connectivity index (χ4n) is 3.81. The second-order valence-corrected chi connectivity index (χ2v) is 6.97. The number of anilines is 1. The molecule has 1 aromatic carbocycles. The molecule has 25 heavy (non-hydrogen) atoms. The van der Waals surface area contributed by atoms with Crippen molar-refractivity contribution in [2.75, 3.05) is 18.4 Å². The molecule has 2 amide bonds. The summed E-state index contributed by atoms with van der Waals surface area (Å²) in [5.41, 5.74) is 2.88. The molecule has 1 aromatic heterocycles. The molecule has 130 valence electrons. The maximum absolute atomic E-state index is 12.8. The van der Waals surface area contributed by atoms with Crippen LogP contribution in [0.4, 0.5) is 5.69 Å². The quantitative estimate of drug-likeness (QED) is 0.935. The van der Waals surface area contributed by atoms with E-state index in [4.69, 9.17) is 0 Å². The lowest BCUT2D eigenvalue weighted by Crippen LogP contribution is -2.41. The normalized spacial score (nSPS) is 22.6. The van der Waals surface area contributed by atoms with Gasteiger partial charge in [-0.2, -0.15) is 5.10 Å². The average molecular weight is 338 g/mol. The summed E-state index contributed by atoms with van der Waals surface area (Å²) in [5, 5.41) is 7.26. The molecular formula is C19H22N4O2. The van der Waals surface area contributed by atoms with Crippen molar-refractivity contribution in [3.8, 4) is 0 Å². The van der Waals surface area contributed by atoms with Crippen LogP contribution in [0.1, 0.15) is 42.3 Å². The Labute approximate surface area is 146 Å². The number of hydrogen-bond acceptors (Lipinski definition) is 3. The fourth-order valence-corrected chi connectivity index (χ4v) is 3.81. The molecule has 1 N–H and O–H groups in total. The monoisotopic (exact) mass is 338 g/mol. The average Bonchev–Trinajstić information content (AvgIpc) is 3.19. The Kier molecular flexibility index (Phi) is 4.03. The highest BCUT2D eigenvalue weighted by Crippen LogP contribution is 2.35. The van der Waals surface area contributed by atoms with Crippen molar-refractivity contribution < 1.29 is 9.59 Å². The number of aryl methyl sites for hydroxylation is 1. The second-order valence-electron chi connectivity index (χ2n) is 6.97. The third kappa shape index (κ3) is 3.04. The van der Waals surface area contributed by atoms with Gasteiger partial charge in [-0.25, -0.2) is 0 Å². The van der Waals surface area contributed by atoms with Crippen molar-refractivity contribution in [2.45, 2.75) is 38.1 Å². The van der Waals surface area contributed by atoms with Gasteiger partial charge in [0.1, 0.15) is 0 Å². The summed E-state index contributed by atoms with van der Waals surface area (Å²) >= 11 is 0. The summed E-state index contributed by atoms with van der Waals surface area (Å²) in [6.45, 7) is 3.44. The zero-order valence-electron chi connectivity index (χ0n) is 14.3. The van der Waals surface area contributed by atoms with Gasteiger partial charge in [0.2, 0.25) is 11.8 Å². The molecule has 6 heteroatoms. The molecule has 0 radical (unpaired) electrons. The van der Waals surface area contributed by atoms with E-state index in [-0.39, 0.29) is 30.2 Å². The third-order valence-corrected chi connectivity index (χ3v) is 5.14. The first-order valence-electron chi connectivity index (χ1n) is 8.80. The number of rotatable bonds is 3. The highest BCUT2D eigenvalue weighted by molar-refractivity contribution is 6.04. The van der Waals surface area contributed by atoms with Crippen molar-refractivity contribution in [1.29, 1.82) is 0 Å². The summed E-state index contributed by atoms with van der Waals surface area (Å²) in [6.07, 6.45) is 6.09. The number of amides is 2. The second kappa shape index (κ2) is 6.35. The molecule has 2 aromatic rings. The SMILES string of the molecule is Cc1cnn(C2CCCN(C(=O)CC3C(=O)Nc4ccccc43)C2)c1. The van der Waals surface area contributed by atoms with Crippen LogP contribution in [0, 0.1) is 6.92 Å². The van der Waals surface area contributed by atoms with Crippen LogP contribution in [0.2, 0.25) is 0 Å². The Bertz CT molecular complexity index is 813. The van der Waals surface area contributed by atoms with Gasteiger partial charge < -0.3 is 10.2 Å². The maximum Gasteiger partial charge on any atom is 0.232 e. The van der Waals surface area contributed by atoms with Gasteiger partial charge >= 0.3 is 0 Å². The minimum Gasteiger partial charge on any atom is -0.341 e. The highest BCUT2D eigenvalue weighted by atomic mass is 16.2. The molecule has 1 fully saturated rings. The number of carbonyl (C=O) groups is 2. The van der Waals surface area contributed by atoms with Gasteiger partial charge in [-0.3, -0.25) is 14.3 Å². The lowest BCUT2D eigenvalue weighted by Gasteiger charge is -2.33. The molecule has 3 heterocycles. The van der Waals surface area contributed by atoms with Crippen molar-refractivity contribution in [3.05, 3.63) is 47.8 Å². The Balaban J connectivity index is 1.45. The maximum atomic E-state index is 12.8. The molecule has 1 saturated heterocycles. The van der Waals surface area contributed by atoms with E-state index < -0.39 is 0 Å². The van der Waals surface area contributed by atoms with Gasteiger partial charge in [0, 0.05) is 31.4 Å². The van der Waals surface area contributed by atoms with Crippen molar-refractivity contribution >= 4 is 17.5 Å². The van der Waals surface area contributed by atoms with Gasteiger partial charge in [0.25, 0.3) is 0 Å². The summed E-state index contributed by atoms with van der Waals surface area (Å²) in [6, 6.07) is 7.83. The largest absolute Gasteiger partial charge is 0.341 e. The molecule has 2 atom stereocenters. The topological polar surface area (TPSA) is 67.2 Å². The molecule has 2 aliphatic heterocycles. The van der Waals surface area contributed by atoms with Gasteiger partial charge in [0.15, 0.2) is 0 Å². The lowest BCUT2D eigenvalue weighted by atomic mass is 9.96. The van der Waals surface area contributed by atoms with Crippen LogP contribution >= 0.6 is 0 Å². The van der Waals surface area contributed by atoms with Crippen LogP contribution in [0.25, 0.3) is 0 Å². The van der Waals surface area contributed by atoms with E-state index in [0.29, 0.717) is 6.54 Å². The number of carbonyl (C=O) groups excluding carboxylic acids is 2. The molecule has 0 aliphatic carbocycles. The van der Waals surface area contributed by atoms with Crippen LogP contribution in [0.5, 0.6) is 0 Å². The van der Waals surface area contributed by atoms with Crippen LogP contribution in [-0.4, -0.2) is 39.6 Å². The summed E-state index contributed by atoms with van der Waals surface area (Å²) < 4.78 is 1.96. The van der Waals surface area contributed by atoms with E-state index in [2.05, 4.69) is 10.4 Å². The van der Waals surface area contributed by atoms with Gasteiger partial charge in [-0.15, -0.1) is 0 Å². The number of hydrogen-bond donors (Lipinski definition) is 1. The van der Waals surface area contributed by atoms with E-state index in [0.717, 1.165) is 36.2 Å². The molecule has 0 saturated carbocycles. The van der Waals surface area contributed by atoms with Gasteiger partial charge in [0.05, 0.1) is 18.2 Å². The van der Waals surface area contributed by atoms with Crippen LogP contribution in [-0.2, 0) is 9.59 Å². The number of likely N-dealkylation sites (tertiary alicyclic amines) is 1. The predicted molar refractivity (Wildman–Crippen MR) is 94.2 cm³/mol. The molecule has 6 nitrogen and oxygen atoms in total. The molecule has 0 spiro atoms. The highest BCUT2D eigenvalue weighted by Gasteiger charge is 2.34. The van der Waals surface area contributed by atoms with E-state index in [9.17, 15) is 9.59 Å². The molecule has 2 aliphatic rings. The van der Waals surface area contributed by atoms with Crippen molar-refractivity contribution in [1.82, 2.24) is 14.7 Å². The van der Waals surface area contributed by atoms with Crippen LogP contribution in [0.3, 0.4) is 0 Å². The Morgan fingerprint density at radius 1 is 1.36 bits per heavy atom. The lowest BCUT2D eigenvalue weighted by molar-refractivity contribution is -0.135. The summed E-state index contributed by atoms with van der Waals surface area (Å²) in [4.78, 5) is 26.9. The zero-order valence-corrected chi connectivity index (χ0v) is 14.3. The van der Waals surface area contributed by atoms with E-state index in [1.54, 1.807) is 0 Å². The number of nitrogens with one attached hydrogen (secondary N) is 1. The molecular weight excluding hydrogens is 316 g/mol. The minimum absolute atomic E-state index is 0.0467. The molecule has 2 unspecified atom stereocenters. The number of para-hydroxylation sites is 1.